The highest BCUT2D eigenvalue weighted by Gasteiger charge is 2.32. The first-order valence-electron chi connectivity index (χ1n) is 7.78. The average Bonchev–Trinajstić information content (AvgIpc) is 2.98. The van der Waals surface area contributed by atoms with E-state index in [0.29, 0.717) is 11.7 Å². The van der Waals surface area contributed by atoms with Crippen LogP contribution in [0.1, 0.15) is 55.4 Å². The first-order valence-corrected chi connectivity index (χ1v) is 7.78. The fraction of sp³-hybridized carbons (Fsp3) is 0.625. The van der Waals surface area contributed by atoms with Gasteiger partial charge in [0.05, 0.1) is 0 Å². The lowest BCUT2D eigenvalue weighted by Crippen LogP contribution is -2.36. The maximum atomic E-state index is 11.3. The summed E-state index contributed by atoms with van der Waals surface area (Å²) in [7, 11) is 0. The summed E-state index contributed by atoms with van der Waals surface area (Å²) in [6, 6.07) is 4.50. The summed E-state index contributed by atoms with van der Waals surface area (Å²) in [6.45, 7) is 1.09. The van der Waals surface area contributed by atoms with Gasteiger partial charge in [-0.3, -0.25) is 9.78 Å². The van der Waals surface area contributed by atoms with Gasteiger partial charge in [-0.15, -0.1) is 0 Å². The minimum atomic E-state index is -0.444. The minimum absolute atomic E-state index is 0.372. The molecule has 1 aliphatic heterocycles. The van der Waals surface area contributed by atoms with Crippen LogP contribution in [0.3, 0.4) is 0 Å². The number of carbonyl (C=O) groups is 1. The van der Waals surface area contributed by atoms with E-state index in [4.69, 9.17) is 5.73 Å². The molecule has 2 heterocycles. The number of hydrogen-bond acceptors (Lipinski definition) is 3. The highest BCUT2D eigenvalue weighted by Crippen LogP contribution is 2.36. The van der Waals surface area contributed by atoms with Crippen LogP contribution in [0.5, 0.6) is 0 Å². The third-order valence-corrected chi connectivity index (χ3v) is 4.82. The fourth-order valence-corrected chi connectivity index (χ4v) is 3.85. The molecule has 2 fully saturated rings. The summed E-state index contributed by atoms with van der Waals surface area (Å²) in [5.41, 5.74) is 6.82. The number of nitrogens with two attached hydrogens (primary N) is 1. The maximum Gasteiger partial charge on any atom is 0.267 e. The van der Waals surface area contributed by atoms with E-state index < -0.39 is 5.91 Å². The number of primary amides is 1. The number of pyridine rings is 1. The van der Waals surface area contributed by atoms with Crippen molar-refractivity contribution >= 4 is 11.6 Å². The minimum Gasteiger partial charge on any atom is -0.368 e. The zero-order valence-corrected chi connectivity index (χ0v) is 11.9. The second-order valence-electron chi connectivity index (χ2n) is 6.06. The zero-order valence-electron chi connectivity index (χ0n) is 11.9. The van der Waals surface area contributed by atoms with Gasteiger partial charge in [-0.1, -0.05) is 19.3 Å². The predicted octanol–water partition coefficient (Wildman–Crippen LogP) is 2.73. The normalized spacial score (nSPS) is 24.0. The number of anilines is 1. The molecule has 1 atom stereocenters. The van der Waals surface area contributed by atoms with E-state index in [1.54, 1.807) is 6.20 Å². The highest BCUT2D eigenvalue weighted by molar-refractivity contribution is 5.91. The van der Waals surface area contributed by atoms with Crippen molar-refractivity contribution in [3.63, 3.8) is 0 Å². The van der Waals surface area contributed by atoms with Gasteiger partial charge < -0.3 is 10.6 Å². The van der Waals surface area contributed by atoms with Crippen molar-refractivity contribution in [2.45, 2.75) is 51.0 Å². The maximum absolute atomic E-state index is 11.3. The van der Waals surface area contributed by atoms with Crippen LogP contribution in [0, 0.1) is 5.92 Å². The summed E-state index contributed by atoms with van der Waals surface area (Å²) < 4.78 is 0. The van der Waals surface area contributed by atoms with E-state index >= 15 is 0 Å². The highest BCUT2D eigenvalue weighted by atomic mass is 16.1. The van der Waals surface area contributed by atoms with Crippen molar-refractivity contribution in [1.82, 2.24) is 4.98 Å². The Labute approximate surface area is 120 Å². The number of amides is 1. The lowest BCUT2D eigenvalue weighted by atomic mass is 9.83. The quantitative estimate of drug-likeness (QED) is 0.921. The lowest BCUT2D eigenvalue weighted by Gasteiger charge is -2.35. The molecule has 0 bridgehead atoms. The van der Waals surface area contributed by atoms with Crippen molar-refractivity contribution in [3.8, 4) is 0 Å². The van der Waals surface area contributed by atoms with Crippen molar-refractivity contribution in [2.24, 2.45) is 11.7 Å². The molecule has 2 N–H and O–H groups in total. The van der Waals surface area contributed by atoms with Crippen LogP contribution in [0.2, 0.25) is 0 Å². The van der Waals surface area contributed by atoms with Crippen molar-refractivity contribution in [2.75, 3.05) is 11.4 Å². The second kappa shape index (κ2) is 5.81. The Morgan fingerprint density at radius 3 is 2.75 bits per heavy atom. The molecule has 4 nitrogen and oxygen atoms in total. The SMILES string of the molecule is NC(=O)c1cc(N2CCCC2C2CCCCC2)ccn1. The summed E-state index contributed by atoms with van der Waals surface area (Å²) >= 11 is 0. The number of rotatable bonds is 3. The molecule has 1 unspecified atom stereocenters. The summed E-state index contributed by atoms with van der Waals surface area (Å²) in [6.07, 6.45) is 11.1. The van der Waals surface area contributed by atoms with Gasteiger partial charge >= 0.3 is 0 Å². The zero-order chi connectivity index (χ0) is 13.9. The van der Waals surface area contributed by atoms with Crippen LogP contribution >= 0.6 is 0 Å². The third kappa shape index (κ3) is 2.65. The molecule has 108 valence electrons. The van der Waals surface area contributed by atoms with E-state index in [1.165, 1.54) is 44.9 Å². The monoisotopic (exact) mass is 273 g/mol. The number of aromatic nitrogens is 1. The Morgan fingerprint density at radius 1 is 1.20 bits per heavy atom. The third-order valence-electron chi connectivity index (χ3n) is 4.82. The van der Waals surface area contributed by atoms with Gasteiger partial charge in [-0.05, 0) is 43.7 Å². The Hall–Kier alpha value is -1.58. The van der Waals surface area contributed by atoms with Crippen LogP contribution in [-0.2, 0) is 0 Å². The molecule has 0 aromatic carbocycles. The molecule has 3 rings (SSSR count). The molecule has 4 heteroatoms. The van der Waals surface area contributed by atoms with Crippen LogP contribution in [0.4, 0.5) is 5.69 Å². The van der Waals surface area contributed by atoms with Gasteiger partial charge in [0, 0.05) is 24.5 Å². The average molecular weight is 273 g/mol. The molecular formula is C16H23N3O. The molecule has 1 saturated heterocycles. The van der Waals surface area contributed by atoms with Gasteiger partial charge in [0.2, 0.25) is 0 Å². The van der Waals surface area contributed by atoms with E-state index in [-0.39, 0.29) is 0 Å². The smallest absolute Gasteiger partial charge is 0.267 e. The van der Waals surface area contributed by atoms with E-state index in [0.717, 1.165) is 18.2 Å². The molecule has 1 aromatic heterocycles. The molecule has 1 saturated carbocycles. The number of carbonyl (C=O) groups excluding carboxylic acids is 1. The molecule has 1 aliphatic carbocycles. The molecule has 1 amide bonds. The van der Waals surface area contributed by atoms with Gasteiger partial charge in [0.15, 0.2) is 0 Å². The van der Waals surface area contributed by atoms with E-state index in [2.05, 4.69) is 9.88 Å². The Morgan fingerprint density at radius 2 is 2.00 bits per heavy atom. The molecular weight excluding hydrogens is 250 g/mol. The van der Waals surface area contributed by atoms with Crippen LogP contribution in [0.25, 0.3) is 0 Å². The van der Waals surface area contributed by atoms with E-state index in [9.17, 15) is 4.79 Å². The molecule has 2 aliphatic rings. The molecule has 0 radical (unpaired) electrons. The standard InChI is InChI=1S/C16H23N3O/c17-16(20)14-11-13(8-9-18-14)19-10-4-7-15(19)12-5-2-1-3-6-12/h8-9,11-12,15H,1-7,10H2,(H2,17,20). The Bertz CT molecular complexity index is 482. The van der Waals surface area contributed by atoms with Gasteiger partial charge in [-0.2, -0.15) is 0 Å². The topological polar surface area (TPSA) is 59.2 Å². The number of hydrogen-bond donors (Lipinski definition) is 1. The Balaban J connectivity index is 1.80. The van der Waals surface area contributed by atoms with Gasteiger partial charge in [0.1, 0.15) is 5.69 Å². The Kier molecular flexibility index (Phi) is 3.90. The van der Waals surface area contributed by atoms with Gasteiger partial charge in [-0.25, -0.2) is 0 Å². The second-order valence-corrected chi connectivity index (χ2v) is 6.06. The largest absolute Gasteiger partial charge is 0.368 e. The van der Waals surface area contributed by atoms with Crippen LogP contribution in [0.15, 0.2) is 18.3 Å². The first-order chi connectivity index (χ1) is 9.75. The fourth-order valence-electron chi connectivity index (χ4n) is 3.85. The van der Waals surface area contributed by atoms with Crippen LogP contribution < -0.4 is 10.6 Å². The summed E-state index contributed by atoms with van der Waals surface area (Å²) in [5, 5.41) is 0. The lowest BCUT2D eigenvalue weighted by molar-refractivity contribution is 0.0995. The van der Waals surface area contributed by atoms with Crippen LogP contribution in [-0.4, -0.2) is 23.5 Å². The van der Waals surface area contributed by atoms with E-state index in [1.807, 2.05) is 12.1 Å². The summed E-state index contributed by atoms with van der Waals surface area (Å²) in [5.74, 6) is 0.372. The summed E-state index contributed by atoms with van der Waals surface area (Å²) in [4.78, 5) is 17.8. The van der Waals surface area contributed by atoms with Crippen molar-refractivity contribution in [3.05, 3.63) is 24.0 Å². The van der Waals surface area contributed by atoms with Crippen molar-refractivity contribution in [1.29, 1.82) is 0 Å². The van der Waals surface area contributed by atoms with Gasteiger partial charge in [0.25, 0.3) is 5.91 Å². The molecule has 0 spiro atoms. The first kappa shape index (κ1) is 13.4. The number of nitrogens with zero attached hydrogens (tertiary/aromatic N) is 2. The van der Waals surface area contributed by atoms with Crippen molar-refractivity contribution < 1.29 is 4.79 Å². The molecule has 20 heavy (non-hydrogen) atoms. The molecule has 1 aromatic rings. The predicted molar refractivity (Wildman–Crippen MR) is 79.7 cm³/mol.